The first-order valence-corrected chi connectivity index (χ1v) is 8.68. The quantitative estimate of drug-likeness (QED) is 0.860. The number of carbonyl (C=O) groups is 1. The zero-order valence-electron chi connectivity index (χ0n) is 14.8. The largest absolute Gasteiger partial charge is 0.379 e. The van der Waals surface area contributed by atoms with Gasteiger partial charge in [0.25, 0.3) is 5.91 Å². The first-order valence-electron chi connectivity index (χ1n) is 8.68. The van der Waals surface area contributed by atoms with E-state index >= 15 is 0 Å². The monoisotopic (exact) mass is 343 g/mol. The molecular weight excluding hydrogens is 318 g/mol. The lowest BCUT2D eigenvalue weighted by Crippen LogP contribution is -2.56. The van der Waals surface area contributed by atoms with Gasteiger partial charge in [0, 0.05) is 30.7 Å². The molecule has 2 heterocycles. The summed E-state index contributed by atoms with van der Waals surface area (Å²) in [6, 6.07) is 7.35. The number of amides is 1. The molecule has 1 saturated heterocycles. The minimum absolute atomic E-state index is 0.0554. The van der Waals surface area contributed by atoms with Crippen molar-refractivity contribution in [1.82, 2.24) is 25.0 Å². The van der Waals surface area contributed by atoms with Crippen LogP contribution < -0.4 is 5.32 Å². The number of nitrogens with zero attached hydrogens (tertiary/aromatic N) is 4. The lowest BCUT2D eigenvalue weighted by molar-refractivity contribution is -0.0169. The van der Waals surface area contributed by atoms with E-state index in [4.69, 9.17) is 4.74 Å². The van der Waals surface area contributed by atoms with Crippen LogP contribution >= 0.6 is 0 Å². The molecular formula is C18H25N5O2. The summed E-state index contributed by atoms with van der Waals surface area (Å²) in [7, 11) is 0. The molecule has 1 aliphatic heterocycles. The average Bonchev–Trinajstić information content (AvgIpc) is 3.21. The Morgan fingerprint density at radius 3 is 2.60 bits per heavy atom. The summed E-state index contributed by atoms with van der Waals surface area (Å²) in [6.07, 6.45) is 4.08. The van der Waals surface area contributed by atoms with Gasteiger partial charge in [0.05, 0.1) is 18.9 Å². The molecule has 0 saturated carbocycles. The van der Waals surface area contributed by atoms with Gasteiger partial charge in [0.15, 0.2) is 0 Å². The number of morpholine rings is 1. The summed E-state index contributed by atoms with van der Waals surface area (Å²) in [6.45, 7) is 8.31. The fraction of sp³-hybridized carbons (Fsp3) is 0.500. The second-order valence-electron chi connectivity index (χ2n) is 6.52. The van der Waals surface area contributed by atoms with E-state index in [-0.39, 0.29) is 11.4 Å². The Labute approximate surface area is 148 Å². The fourth-order valence-corrected chi connectivity index (χ4v) is 3.04. The molecule has 1 aliphatic rings. The highest BCUT2D eigenvalue weighted by atomic mass is 16.5. The van der Waals surface area contributed by atoms with Crippen LogP contribution in [-0.2, 0) is 4.74 Å². The van der Waals surface area contributed by atoms with Gasteiger partial charge >= 0.3 is 0 Å². The van der Waals surface area contributed by atoms with Gasteiger partial charge in [0.1, 0.15) is 12.7 Å². The molecule has 25 heavy (non-hydrogen) atoms. The Morgan fingerprint density at radius 2 is 2.00 bits per heavy atom. The van der Waals surface area contributed by atoms with Gasteiger partial charge in [0.2, 0.25) is 0 Å². The van der Waals surface area contributed by atoms with Gasteiger partial charge in [-0.1, -0.05) is 6.92 Å². The van der Waals surface area contributed by atoms with Crippen molar-refractivity contribution in [2.75, 3.05) is 32.8 Å². The molecule has 1 N–H and O–H groups in total. The van der Waals surface area contributed by atoms with E-state index in [1.54, 1.807) is 11.0 Å². The highest BCUT2D eigenvalue weighted by Crippen LogP contribution is 2.20. The molecule has 1 aromatic carbocycles. The molecule has 1 amide bonds. The SMILES string of the molecule is CC[C@](C)(CNC(=O)c1ccc(-n2cncn2)cc1)N1CCOCC1. The van der Waals surface area contributed by atoms with Crippen molar-refractivity contribution in [3.8, 4) is 5.69 Å². The Balaban J connectivity index is 1.61. The Kier molecular flexibility index (Phi) is 5.45. The second kappa shape index (κ2) is 7.76. The minimum Gasteiger partial charge on any atom is -0.379 e. The van der Waals surface area contributed by atoms with Crippen molar-refractivity contribution in [1.29, 1.82) is 0 Å². The summed E-state index contributed by atoms with van der Waals surface area (Å²) < 4.78 is 7.10. The van der Waals surface area contributed by atoms with E-state index in [0.29, 0.717) is 12.1 Å². The van der Waals surface area contributed by atoms with Crippen molar-refractivity contribution < 1.29 is 9.53 Å². The van der Waals surface area contributed by atoms with E-state index in [2.05, 4.69) is 34.1 Å². The van der Waals surface area contributed by atoms with Crippen molar-refractivity contribution in [3.05, 3.63) is 42.5 Å². The van der Waals surface area contributed by atoms with E-state index in [9.17, 15) is 4.79 Å². The third-order valence-electron chi connectivity index (χ3n) is 4.98. The van der Waals surface area contributed by atoms with Gasteiger partial charge in [-0.05, 0) is 37.6 Å². The summed E-state index contributed by atoms with van der Waals surface area (Å²) in [5.74, 6) is -0.0573. The number of ether oxygens (including phenoxy) is 1. The van der Waals surface area contributed by atoms with E-state index in [0.717, 1.165) is 38.4 Å². The molecule has 7 heteroatoms. The van der Waals surface area contributed by atoms with E-state index in [1.165, 1.54) is 6.33 Å². The van der Waals surface area contributed by atoms with Crippen molar-refractivity contribution in [2.45, 2.75) is 25.8 Å². The summed E-state index contributed by atoms with van der Waals surface area (Å²) in [5.41, 5.74) is 1.46. The summed E-state index contributed by atoms with van der Waals surface area (Å²) in [5, 5.41) is 7.17. The number of hydrogen-bond acceptors (Lipinski definition) is 5. The van der Waals surface area contributed by atoms with Crippen LogP contribution in [0.15, 0.2) is 36.9 Å². The van der Waals surface area contributed by atoms with Gasteiger partial charge in [-0.3, -0.25) is 9.69 Å². The highest BCUT2D eigenvalue weighted by molar-refractivity contribution is 5.94. The standard InChI is InChI=1S/C18H25N5O2/c1-3-18(2,22-8-10-25-11-9-22)12-20-17(24)15-4-6-16(7-5-15)23-14-19-13-21-23/h4-7,13-14H,3,8-12H2,1-2H3,(H,20,24)/t18-/m1/s1. The maximum atomic E-state index is 12.5. The molecule has 0 aliphatic carbocycles. The zero-order chi connectivity index (χ0) is 17.7. The van der Waals surface area contributed by atoms with Gasteiger partial charge in [-0.25, -0.2) is 9.67 Å². The molecule has 134 valence electrons. The smallest absolute Gasteiger partial charge is 0.251 e. The third-order valence-corrected chi connectivity index (χ3v) is 4.98. The lowest BCUT2D eigenvalue weighted by Gasteiger charge is -2.43. The number of benzene rings is 1. The number of aromatic nitrogens is 3. The first kappa shape index (κ1) is 17.6. The van der Waals surface area contributed by atoms with Crippen LogP contribution in [-0.4, -0.2) is 64.0 Å². The average molecular weight is 343 g/mol. The molecule has 7 nitrogen and oxygen atoms in total. The van der Waals surface area contributed by atoms with Crippen LogP contribution in [0.5, 0.6) is 0 Å². The summed E-state index contributed by atoms with van der Waals surface area (Å²) in [4.78, 5) is 18.8. The van der Waals surface area contributed by atoms with Crippen molar-refractivity contribution in [3.63, 3.8) is 0 Å². The van der Waals surface area contributed by atoms with E-state index in [1.807, 2.05) is 24.3 Å². The Morgan fingerprint density at radius 1 is 1.28 bits per heavy atom. The molecule has 1 fully saturated rings. The molecule has 0 radical (unpaired) electrons. The molecule has 2 aromatic rings. The predicted octanol–water partition coefficient (Wildman–Crippen LogP) is 1.50. The van der Waals surface area contributed by atoms with Gasteiger partial charge < -0.3 is 10.1 Å². The van der Waals surface area contributed by atoms with Crippen LogP contribution in [0.1, 0.15) is 30.6 Å². The maximum Gasteiger partial charge on any atom is 0.251 e. The van der Waals surface area contributed by atoms with Crippen LogP contribution in [0.4, 0.5) is 0 Å². The zero-order valence-corrected chi connectivity index (χ0v) is 14.8. The van der Waals surface area contributed by atoms with Crippen molar-refractivity contribution >= 4 is 5.91 Å². The molecule has 0 bridgehead atoms. The molecule has 3 rings (SSSR count). The highest BCUT2D eigenvalue weighted by Gasteiger charge is 2.31. The third kappa shape index (κ3) is 4.05. The lowest BCUT2D eigenvalue weighted by atomic mass is 9.95. The topological polar surface area (TPSA) is 72.3 Å². The molecule has 0 unspecified atom stereocenters. The summed E-state index contributed by atoms with van der Waals surface area (Å²) >= 11 is 0. The molecule has 1 atom stereocenters. The van der Waals surface area contributed by atoms with Crippen LogP contribution in [0, 0.1) is 0 Å². The Hall–Kier alpha value is -2.25. The molecule has 1 aromatic heterocycles. The molecule has 0 spiro atoms. The van der Waals surface area contributed by atoms with Crippen LogP contribution in [0.3, 0.4) is 0 Å². The fourth-order valence-electron chi connectivity index (χ4n) is 3.04. The predicted molar refractivity (Wildman–Crippen MR) is 94.8 cm³/mol. The first-order chi connectivity index (χ1) is 12.1. The van der Waals surface area contributed by atoms with Gasteiger partial charge in [-0.15, -0.1) is 0 Å². The Bertz CT molecular complexity index is 680. The number of nitrogens with one attached hydrogen (secondary N) is 1. The minimum atomic E-state index is -0.0573. The normalized spacial score (nSPS) is 17.8. The van der Waals surface area contributed by atoms with Crippen LogP contribution in [0.25, 0.3) is 5.69 Å². The van der Waals surface area contributed by atoms with Crippen LogP contribution in [0.2, 0.25) is 0 Å². The van der Waals surface area contributed by atoms with E-state index < -0.39 is 0 Å². The number of rotatable bonds is 6. The second-order valence-corrected chi connectivity index (χ2v) is 6.52. The van der Waals surface area contributed by atoms with Gasteiger partial charge in [-0.2, -0.15) is 5.10 Å². The maximum absolute atomic E-state index is 12.5. The number of hydrogen-bond donors (Lipinski definition) is 1. The van der Waals surface area contributed by atoms with Crippen molar-refractivity contribution in [2.24, 2.45) is 0 Å². The number of carbonyl (C=O) groups excluding carboxylic acids is 1.